The van der Waals surface area contributed by atoms with Crippen LogP contribution in [0.3, 0.4) is 0 Å². The van der Waals surface area contributed by atoms with E-state index in [2.05, 4.69) is 17.2 Å². The zero-order chi connectivity index (χ0) is 13.7. The quantitative estimate of drug-likeness (QED) is 0.633. The lowest BCUT2D eigenvalue weighted by molar-refractivity contribution is -0.116. The highest BCUT2D eigenvalue weighted by atomic mass is 32.2. The molecule has 1 amide bonds. The number of carbonyl (C=O) groups is 1. The summed E-state index contributed by atoms with van der Waals surface area (Å²) in [4.78, 5) is 16.1. The van der Waals surface area contributed by atoms with Gasteiger partial charge in [-0.15, -0.1) is 0 Å². The molecule has 0 atom stereocenters. The summed E-state index contributed by atoms with van der Waals surface area (Å²) in [5.41, 5.74) is 7.30. The maximum absolute atomic E-state index is 11.7. The van der Waals surface area contributed by atoms with E-state index in [4.69, 9.17) is 5.73 Å². The van der Waals surface area contributed by atoms with Gasteiger partial charge in [0.2, 0.25) is 5.91 Å². The number of nitrogens with one attached hydrogen (secondary N) is 1. The Labute approximate surface area is 120 Å². The summed E-state index contributed by atoms with van der Waals surface area (Å²) in [7, 11) is 0. The van der Waals surface area contributed by atoms with Gasteiger partial charge in [-0.2, -0.15) is 11.8 Å². The van der Waals surface area contributed by atoms with E-state index in [0.717, 1.165) is 28.1 Å². The number of thiazole rings is 1. The van der Waals surface area contributed by atoms with Crippen molar-refractivity contribution in [2.45, 2.75) is 19.8 Å². The van der Waals surface area contributed by atoms with Crippen molar-refractivity contribution < 1.29 is 4.79 Å². The van der Waals surface area contributed by atoms with Crippen LogP contribution in [0.4, 0.5) is 10.8 Å². The first-order valence-electron chi connectivity index (χ1n) is 6.22. The first-order valence-corrected chi connectivity index (χ1v) is 8.20. The Morgan fingerprint density at radius 2 is 2.37 bits per heavy atom. The van der Waals surface area contributed by atoms with Crippen molar-refractivity contribution in [2.75, 3.05) is 22.6 Å². The summed E-state index contributed by atoms with van der Waals surface area (Å²) in [5.74, 6) is 2.16. The van der Waals surface area contributed by atoms with Gasteiger partial charge in [-0.3, -0.25) is 4.79 Å². The number of hydrogen-bond donors (Lipinski definition) is 2. The molecule has 1 heterocycles. The zero-order valence-electron chi connectivity index (χ0n) is 10.8. The number of thioether (sulfide) groups is 1. The van der Waals surface area contributed by atoms with E-state index in [-0.39, 0.29) is 5.91 Å². The molecule has 0 aliphatic rings. The van der Waals surface area contributed by atoms with Crippen LogP contribution in [0.1, 0.15) is 19.8 Å². The van der Waals surface area contributed by atoms with Gasteiger partial charge in [0, 0.05) is 12.1 Å². The third kappa shape index (κ3) is 4.11. The van der Waals surface area contributed by atoms with Crippen LogP contribution in [-0.4, -0.2) is 22.4 Å². The molecular weight excluding hydrogens is 278 g/mol. The van der Waals surface area contributed by atoms with Gasteiger partial charge in [0.1, 0.15) is 0 Å². The fraction of sp³-hybridized carbons (Fsp3) is 0.385. The lowest BCUT2D eigenvalue weighted by Crippen LogP contribution is -2.11. The van der Waals surface area contributed by atoms with Gasteiger partial charge in [-0.25, -0.2) is 4.98 Å². The molecule has 19 heavy (non-hydrogen) atoms. The molecule has 3 N–H and O–H groups in total. The van der Waals surface area contributed by atoms with Gasteiger partial charge < -0.3 is 11.1 Å². The molecule has 1 aromatic heterocycles. The number of benzene rings is 1. The third-order valence-electron chi connectivity index (χ3n) is 2.56. The molecule has 4 nitrogen and oxygen atoms in total. The van der Waals surface area contributed by atoms with E-state index < -0.39 is 0 Å². The van der Waals surface area contributed by atoms with Crippen molar-refractivity contribution in [3.8, 4) is 0 Å². The SMILES string of the molecule is CCSCCCC(=O)Nc1nc2ccc(N)cc2s1. The van der Waals surface area contributed by atoms with E-state index in [1.807, 2.05) is 30.0 Å². The summed E-state index contributed by atoms with van der Waals surface area (Å²) in [6.45, 7) is 2.12. The minimum atomic E-state index is 0.0312. The van der Waals surface area contributed by atoms with E-state index >= 15 is 0 Å². The molecule has 6 heteroatoms. The molecule has 0 radical (unpaired) electrons. The topological polar surface area (TPSA) is 68.0 Å². The van der Waals surface area contributed by atoms with Gasteiger partial charge in [0.25, 0.3) is 0 Å². The van der Waals surface area contributed by atoms with Gasteiger partial charge in [0.15, 0.2) is 5.13 Å². The van der Waals surface area contributed by atoms with Gasteiger partial charge in [0.05, 0.1) is 10.2 Å². The minimum absolute atomic E-state index is 0.0312. The molecule has 2 rings (SSSR count). The van der Waals surface area contributed by atoms with Crippen molar-refractivity contribution in [1.82, 2.24) is 4.98 Å². The van der Waals surface area contributed by atoms with Crippen molar-refractivity contribution in [3.63, 3.8) is 0 Å². The third-order valence-corrected chi connectivity index (χ3v) is 4.47. The average molecular weight is 295 g/mol. The van der Waals surface area contributed by atoms with Crippen LogP contribution in [0.15, 0.2) is 18.2 Å². The molecule has 1 aromatic carbocycles. The number of rotatable bonds is 6. The van der Waals surface area contributed by atoms with Crippen LogP contribution in [0.5, 0.6) is 0 Å². The molecule has 0 saturated carbocycles. The second-order valence-electron chi connectivity index (χ2n) is 4.09. The standard InChI is InChI=1S/C13H17N3OS2/c1-2-18-7-3-4-12(17)16-13-15-10-6-5-9(14)8-11(10)19-13/h5-6,8H,2-4,7,14H2,1H3,(H,15,16,17). The van der Waals surface area contributed by atoms with E-state index in [0.29, 0.717) is 17.2 Å². The Morgan fingerprint density at radius 3 is 3.16 bits per heavy atom. The smallest absolute Gasteiger partial charge is 0.226 e. The summed E-state index contributed by atoms with van der Waals surface area (Å²) in [6.07, 6.45) is 1.45. The van der Waals surface area contributed by atoms with Crippen LogP contribution in [-0.2, 0) is 4.79 Å². The van der Waals surface area contributed by atoms with Crippen molar-refractivity contribution >= 4 is 50.0 Å². The van der Waals surface area contributed by atoms with Crippen molar-refractivity contribution in [1.29, 1.82) is 0 Å². The predicted octanol–water partition coefficient (Wildman–Crippen LogP) is 3.35. The largest absolute Gasteiger partial charge is 0.399 e. The highest BCUT2D eigenvalue weighted by Gasteiger charge is 2.07. The van der Waals surface area contributed by atoms with Crippen molar-refractivity contribution in [2.24, 2.45) is 0 Å². The minimum Gasteiger partial charge on any atom is -0.399 e. The summed E-state index contributed by atoms with van der Waals surface area (Å²) >= 11 is 3.31. The van der Waals surface area contributed by atoms with Crippen LogP contribution < -0.4 is 11.1 Å². The number of aromatic nitrogens is 1. The van der Waals surface area contributed by atoms with Crippen LogP contribution >= 0.6 is 23.1 Å². The second-order valence-corrected chi connectivity index (χ2v) is 6.52. The zero-order valence-corrected chi connectivity index (χ0v) is 12.4. The summed E-state index contributed by atoms with van der Waals surface area (Å²) in [6, 6.07) is 5.56. The monoisotopic (exact) mass is 295 g/mol. The van der Waals surface area contributed by atoms with Crippen LogP contribution in [0.2, 0.25) is 0 Å². The van der Waals surface area contributed by atoms with E-state index in [1.165, 1.54) is 11.3 Å². The molecule has 102 valence electrons. The highest BCUT2D eigenvalue weighted by molar-refractivity contribution is 7.99. The Morgan fingerprint density at radius 1 is 1.53 bits per heavy atom. The number of nitrogens with two attached hydrogens (primary N) is 1. The van der Waals surface area contributed by atoms with E-state index in [1.54, 1.807) is 0 Å². The number of anilines is 2. The molecule has 2 aromatic rings. The van der Waals surface area contributed by atoms with Crippen LogP contribution in [0, 0.1) is 0 Å². The van der Waals surface area contributed by atoms with Gasteiger partial charge in [-0.05, 0) is 36.1 Å². The lowest BCUT2D eigenvalue weighted by Gasteiger charge is -2.00. The maximum atomic E-state index is 11.7. The predicted molar refractivity (Wildman–Crippen MR) is 84.9 cm³/mol. The molecule has 0 fully saturated rings. The lowest BCUT2D eigenvalue weighted by atomic mass is 10.3. The van der Waals surface area contributed by atoms with Gasteiger partial charge in [-0.1, -0.05) is 18.3 Å². The molecule has 0 saturated heterocycles. The summed E-state index contributed by atoms with van der Waals surface area (Å²) in [5, 5.41) is 3.49. The Kier molecular flexibility index (Phi) is 5.04. The fourth-order valence-corrected chi connectivity index (χ4v) is 3.22. The Balaban J connectivity index is 1.91. The maximum Gasteiger partial charge on any atom is 0.226 e. The first kappa shape index (κ1) is 14.1. The average Bonchev–Trinajstić information content (AvgIpc) is 2.76. The van der Waals surface area contributed by atoms with Gasteiger partial charge >= 0.3 is 0 Å². The molecule has 0 spiro atoms. The number of carbonyl (C=O) groups excluding carboxylic acids is 1. The van der Waals surface area contributed by atoms with Crippen LogP contribution in [0.25, 0.3) is 10.2 Å². The number of hydrogen-bond acceptors (Lipinski definition) is 5. The Hall–Kier alpha value is -1.27. The van der Waals surface area contributed by atoms with Crippen molar-refractivity contribution in [3.05, 3.63) is 18.2 Å². The molecule has 0 unspecified atom stereocenters. The number of nitrogens with zero attached hydrogens (tertiary/aromatic N) is 1. The summed E-state index contributed by atoms with van der Waals surface area (Å²) < 4.78 is 0.997. The number of amides is 1. The number of fused-ring (bicyclic) bond motifs is 1. The molecule has 0 bridgehead atoms. The Bertz CT molecular complexity index is 568. The molecular formula is C13H17N3OS2. The fourth-order valence-electron chi connectivity index (χ4n) is 1.66. The second kappa shape index (κ2) is 6.77. The normalized spacial score (nSPS) is 10.8. The van der Waals surface area contributed by atoms with E-state index in [9.17, 15) is 4.79 Å². The number of nitrogen functional groups attached to an aromatic ring is 1. The highest BCUT2D eigenvalue weighted by Crippen LogP contribution is 2.27. The molecule has 0 aliphatic carbocycles. The molecule has 0 aliphatic heterocycles. The first-order chi connectivity index (χ1) is 9.19.